The van der Waals surface area contributed by atoms with E-state index in [0.717, 1.165) is 32.1 Å². The highest BCUT2D eigenvalue weighted by Crippen LogP contribution is 2.76. The lowest BCUT2D eigenvalue weighted by atomic mass is 9.47. The molecule has 0 unspecified atom stereocenters. The Morgan fingerprint density at radius 1 is 0.642 bits per heavy atom. The van der Waals surface area contributed by atoms with Gasteiger partial charge in [-0.2, -0.15) is 0 Å². The van der Waals surface area contributed by atoms with E-state index in [9.17, 15) is 30.3 Å². The maximum atomic E-state index is 12.5. The predicted octanol–water partition coefficient (Wildman–Crippen LogP) is 1.87. The molecule has 11 aliphatic rings. The maximum absolute atomic E-state index is 12.5. The van der Waals surface area contributed by atoms with Crippen LogP contribution in [0.2, 0.25) is 0 Å². The minimum atomic E-state index is -1.67. The first kappa shape index (κ1) is 61.0. The summed E-state index contributed by atoms with van der Waals surface area (Å²) >= 11 is 0. The molecule has 462 valence electrons. The van der Waals surface area contributed by atoms with E-state index in [4.69, 9.17) is 85.3 Å². The van der Waals surface area contributed by atoms with Crippen molar-refractivity contribution in [2.45, 2.75) is 265 Å². The van der Waals surface area contributed by atoms with Crippen molar-refractivity contribution in [2.75, 3.05) is 48.3 Å². The molecule has 0 aromatic rings. The van der Waals surface area contributed by atoms with Gasteiger partial charge in [-0.3, -0.25) is 4.79 Å². The number of esters is 1. The van der Waals surface area contributed by atoms with Gasteiger partial charge < -0.3 is 111 Å². The molecule has 0 radical (unpaired) electrons. The molecular weight excluding hydrogens is 1070 g/mol. The largest absolute Gasteiger partial charge is 0.465 e. The van der Waals surface area contributed by atoms with Crippen LogP contribution in [0, 0.1) is 28.6 Å². The van der Waals surface area contributed by atoms with E-state index in [-0.39, 0.29) is 59.3 Å². The van der Waals surface area contributed by atoms with Crippen molar-refractivity contribution in [3.05, 3.63) is 11.6 Å². The summed E-state index contributed by atoms with van der Waals surface area (Å²) in [7, 11) is 6.21. The fraction of sp³-hybridized carbons (Fsp3) is 0.947. The number of hydrogen-bond acceptors (Lipinski definition) is 24. The van der Waals surface area contributed by atoms with Gasteiger partial charge in [-0.25, -0.2) is 0 Å². The minimum absolute atomic E-state index is 0.0224. The lowest BCUT2D eigenvalue weighted by Gasteiger charge is -2.60. The number of hydrogen-bond donors (Lipinski definition) is 5. The van der Waals surface area contributed by atoms with E-state index in [1.807, 2.05) is 20.8 Å². The Balaban J connectivity index is 0.673. The maximum Gasteiger partial charge on any atom is 0.302 e. The van der Waals surface area contributed by atoms with Gasteiger partial charge in [0.25, 0.3) is 0 Å². The molecular formula is C57H90O24. The molecule has 24 heteroatoms. The third-order valence-electron chi connectivity index (χ3n) is 20.6. The summed E-state index contributed by atoms with van der Waals surface area (Å²) in [5, 5.41) is 52.4. The average molecular weight is 1160 g/mol. The number of rotatable bonds is 17. The summed E-state index contributed by atoms with van der Waals surface area (Å²) in [5.41, 5.74) is 0.758. The van der Waals surface area contributed by atoms with Crippen molar-refractivity contribution in [3.8, 4) is 0 Å². The molecule has 2 bridgehead atoms. The Labute approximate surface area is 474 Å². The summed E-state index contributed by atoms with van der Waals surface area (Å²) in [6.45, 7) is 13.5. The molecule has 5 N–H and O–H groups in total. The van der Waals surface area contributed by atoms with Crippen LogP contribution >= 0.6 is 0 Å². The normalized spacial score (nSPS) is 54.0. The Hall–Kier alpha value is -1.67. The van der Waals surface area contributed by atoms with Gasteiger partial charge in [-0.1, -0.05) is 18.6 Å². The first-order valence-electron chi connectivity index (χ1n) is 29.5. The summed E-state index contributed by atoms with van der Waals surface area (Å²) in [6, 6.07) is 0. The summed E-state index contributed by atoms with van der Waals surface area (Å²) in [6.07, 6.45) is -11.6. The lowest BCUT2D eigenvalue weighted by molar-refractivity contribution is -0.374. The van der Waals surface area contributed by atoms with E-state index in [1.165, 1.54) is 19.6 Å². The van der Waals surface area contributed by atoms with Gasteiger partial charge in [0, 0.05) is 71.4 Å². The summed E-state index contributed by atoms with van der Waals surface area (Å²) in [4.78, 5) is 12.5. The van der Waals surface area contributed by atoms with Crippen LogP contribution in [0.3, 0.4) is 0 Å². The second kappa shape index (κ2) is 23.8. The van der Waals surface area contributed by atoms with Crippen LogP contribution in [-0.2, 0) is 90.1 Å². The Morgan fingerprint density at radius 2 is 1.21 bits per heavy atom. The smallest absolute Gasteiger partial charge is 0.302 e. The molecule has 0 amide bonds. The highest BCUT2D eigenvalue weighted by atomic mass is 16.8. The number of allylic oxidation sites excluding steroid dienone is 1. The van der Waals surface area contributed by atoms with Crippen LogP contribution in [-0.4, -0.2) is 239 Å². The first-order valence-corrected chi connectivity index (χ1v) is 29.5. The fourth-order valence-corrected chi connectivity index (χ4v) is 16.7. The Kier molecular flexibility index (Phi) is 17.9. The fourth-order valence-electron chi connectivity index (χ4n) is 16.7. The Bertz CT molecular complexity index is 2210. The number of aliphatic hydroxyl groups is 5. The van der Waals surface area contributed by atoms with Crippen molar-refractivity contribution in [2.24, 2.45) is 28.6 Å². The minimum Gasteiger partial charge on any atom is -0.465 e. The second-order valence-corrected chi connectivity index (χ2v) is 25.1. The molecule has 10 fully saturated rings. The van der Waals surface area contributed by atoms with Gasteiger partial charge in [-0.05, 0) is 79.1 Å². The van der Waals surface area contributed by atoms with Gasteiger partial charge in [0.1, 0.15) is 67.6 Å². The zero-order chi connectivity index (χ0) is 57.7. The number of methoxy groups -OCH3 is 4. The molecule has 31 atom stereocenters. The number of ether oxygens (including phenoxy) is 18. The van der Waals surface area contributed by atoms with Crippen molar-refractivity contribution in [1.82, 2.24) is 0 Å². The highest BCUT2D eigenvalue weighted by molar-refractivity contribution is 5.66. The van der Waals surface area contributed by atoms with Crippen LogP contribution < -0.4 is 0 Å². The monoisotopic (exact) mass is 1160 g/mol. The van der Waals surface area contributed by atoms with Crippen molar-refractivity contribution >= 4 is 5.97 Å². The first-order chi connectivity index (χ1) is 38.6. The zero-order valence-electron chi connectivity index (χ0n) is 48.6. The SMILES string of the molecule is CO[C@@H]1[C@@H](O)[C@H](O[C@@H]2[C@@H](C)O[C@@H](O[C@H]3[C@@H](OC)C[C@H](O[C@@H]4[C@@H](C)O[C@@H](O[C@H]5CC[C@@]6(COC(C)=O)C(=CC[C@@H]7[C@@H]6CC[C@]6(C)[C@@H]8[C@H]9CO[C@]8(C)O[C@@]76O9)C5)C[C@H]4OC)O[C@@H]3C)C[C@H]2OC)O[C@H](C)[C@H]1O[C@@H]1O[C@H](CO)[C@@H](O)[C@H](O)[C@H]1O. The second-order valence-electron chi connectivity index (χ2n) is 25.1. The molecule has 3 aliphatic carbocycles. The number of carbonyl (C=O) groups is 1. The van der Waals surface area contributed by atoms with Crippen molar-refractivity contribution in [1.29, 1.82) is 0 Å². The summed E-state index contributed by atoms with van der Waals surface area (Å²) in [5.74, 6) is -1.20. The van der Waals surface area contributed by atoms with Gasteiger partial charge in [0.15, 0.2) is 43.0 Å². The van der Waals surface area contributed by atoms with Crippen molar-refractivity contribution < 1.29 is 116 Å². The molecule has 2 saturated carbocycles. The van der Waals surface area contributed by atoms with Crippen LogP contribution in [0.15, 0.2) is 11.6 Å². The highest BCUT2D eigenvalue weighted by Gasteiger charge is 2.83. The number of carbonyl (C=O) groups excluding carboxylic acids is 1. The molecule has 8 saturated heterocycles. The van der Waals surface area contributed by atoms with E-state index >= 15 is 0 Å². The van der Waals surface area contributed by atoms with Crippen LogP contribution in [0.5, 0.6) is 0 Å². The molecule has 0 aromatic heterocycles. The van der Waals surface area contributed by atoms with Crippen LogP contribution in [0.4, 0.5) is 0 Å². The van der Waals surface area contributed by atoms with E-state index in [2.05, 4.69) is 19.9 Å². The zero-order valence-corrected chi connectivity index (χ0v) is 48.6. The molecule has 81 heavy (non-hydrogen) atoms. The van der Waals surface area contributed by atoms with E-state index in [0.29, 0.717) is 32.5 Å². The predicted molar refractivity (Wildman–Crippen MR) is 275 cm³/mol. The third-order valence-corrected chi connectivity index (χ3v) is 20.6. The quantitative estimate of drug-likeness (QED) is 0.103. The molecule has 0 aromatic carbocycles. The Morgan fingerprint density at radius 3 is 1.78 bits per heavy atom. The molecule has 8 aliphatic heterocycles. The van der Waals surface area contributed by atoms with Gasteiger partial charge in [0.05, 0.1) is 74.1 Å². The van der Waals surface area contributed by atoms with Gasteiger partial charge in [-0.15, -0.1) is 0 Å². The lowest BCUT2D eigenvalue weighted by Crippen LogP contribution is -2.65. The molecule has 24 nitrogen and oxygen atoms in total. The van der Waals surface area contributed by atoms with Gasteiger partial charge >= 0.3 is 5.97 Å². The average Bonchev–Trinajstić information content (AvgIpc) is 1.76. The molecule has 8 heterocycles. The van der Waals surface area contributed by atoms with Gasteiger partial charge in [0.2, 0.25) is 0 Å². The third kappa shape index (κ3) is 10.6. The topological polar surface area (TPSA) is 284 Å². The number of fused-ring (bicyclic) bond motifs is 3. The van der Waals surface area contributed by atoms with E-state index < -0.39 is 147 Å². The van der Waals surface area contributed by atoms with Crippen LogP contribution in [0.25, 0.3) is 0 Å². The molecule has 11 rings (SSSR count). The molecule has 0 spiro atoms. The summed E-state index contributed by atoms with van der Waals surface area (Å²) < 4.78 is 114. The van der Waals surface area contributed by atoms with Crippen LogP contribution in [0.1, 0.15) is 106 Å². The van der Waals surface area contributed by atoms with E-state index in [1.54, 1.807) is 28.3 Å². The number of aliphatic hydroxyl groups excluding tert-OH is 5. The standard InChI is InChI=1S/C57H90O24/c1-25-46(34(64-8)19-39(70-25)74-31-14-17-56(24-68-29(5)59)30(18-31)12-13-33-32(56)15-16-54(6)51-38-23-69-55(51,7)81-57(33,54)80-38)76-40-20-35(65-9)47(26(2)71-40)77-41-21-36(66-10)48(27(3)72-41)78-53-45(63)50(67-11)49(28(4)73-53)79-52-44(62)43(61)42(60)37(22-58)75-52/h12,25-28,31-53,58,60-63H,13-24H2,1-11H3/t25-,26-,27-,28-,31+,32+,33-,34-,35+,36-,37-,38-,39+,40+,41+,42-,43+,44-,45-,46-,47-,48-,49-,50-,51+,52+,53+,54-,55-,56-,57+/m1/s1. The van der Waals surface area contributed by atoms with Crippen molar-refractivity contribution in [3.63, 3.8) is 0 Å².